The van der Waals surface area contributed by atoms with Gasteiger partial charge < -0.3 is 15.5 Å². The monoisotopic (exact) mass is 307 g/mol. The zero-order valence-corrected chi connectivity index (χ0v) is 12.6. The van der Waals surface area contributed by atoms with E-state index in [-0.39, 0.29) is 11.9 Å². The molecule has 0 saturated heterocycles. The van der Waals surface area contributed by atoms with Crippen LogP contribution in [0.3, 0.4) is 0 Å². The first kappa shape index (κ1) is 15.5. The van der Waals surface area contributed by atoms with Crippen molar-refractivity contribution in [3.63, 3.8) is 0 Å². The Labute approximate surface area is 128 Å². The van der Waals surface area contributed by atoms with E-state index in [1.165, 1.54) is 0 Å². The summed E-state index contributed by atoms with van der Waals surface area (Å²) in [6, 6.07) is 7.29. The van der Waals surface area contributed by atoms with Crippen LogP contribution in [0.15, 0.2) is 34.9 Å². The second-order valence-corrected chi connectivity index (χ2v) is 5.27. The van der Waals surface area contributed by atoms with Crippen LogP contribution in [0.25, 0.3) is 11.3 Å². The molecule has 1 atom stereocenters. The first-order valence-corrected chi connectivity index (χ1v) is 7.16. The molecule has 1 amide bonds. The van der Waals surface area contributed by atoms with Crippen molar-refractivity contribution in [2.45, 2.75) is 25.8 Å². The smallest absolute Gasteiger partial charge is 0.220 e. The molecule has 0 aliphatic carbocycles. The fraction of sp³-hybridized carbons (Fsp3) is 0.333. The first-order chi connectivity index (χ1) is 10.1. The van der Waals surface area contributed by atoms with Crippen LogP contribution in [0.2, 0.25) is 5.02 Å². The third-order valence-electron chi connectivity index (χ3n) is 3.01. The number of hydrogen-bond acceptors (Lipinski definition) is 4. The number of rotatable bonds is 6. The normalized spacial score (nSPS) is 12.1. The fourth-order valence-electron chi connectivity index (χ4n) is 1.80. The first-order valence-electron chi connectivity index (χ1n) is 6.78. The van der Waals surface area contributed by atoms with Crippen LogP contribution >= 0.6 is 11.6 Å². The van der Waals surface area contributed by atoms with Crippen molar-refractivity contribution in [1.29, 1.82) is 0 Å². The Morgan fingerprint density at radius 2 is 2.14 bits per heavy atom. The average molecular weight is 308 g/mol. The summed E-state index contributed by atoms with van der Waals surface area (Å²) in [7, 11) is 0. The van der Waals surface area contributed by atoms with E-state index in [4.69, 9.17) is 21.8 Å². The number of halogens is 1. The number of nitrogens with one attached hydrogen (secondary N) is 1. The Balaban J connectivity index is 1.91. The number of aryl methyl sites for hydroxylation is 1. The van der Waals surface area contributed by atoms with E-state index in [1.54, 1.807) is 18.3 Å². The van der Waals surface area contributed by atoms with Gasteiger partial charge >= 0.3 is 0 Å². The average Bonchev–Trinajstić information content (AvgIpc) is 2.94. The molecule has 112 valence electrons. The fourth-order valence-corrected chi connectivity index (χ4v) is 1.93. The topological polar surface area (TPSA) is 81.1 Å². The lowest BCUT2D eigenvalue weighted by Gasteiger charge is -2.10. The Bertz CT molecular complexity index is 595. The van der Waals surface area contributed by atoms with E-state index in [0.717, 1.165) is 5.56 Å². The van der Waals surface area contributed by atoms with Gasteiger partial charge in [0, 0.05) is 36.0 Å². The maximum atomic E-state index is 11.6. The van der Waals surface area contributed by atoms with Crippen LogP contribution in [0, 0.1) is 0 Å². The minimum atomic E-state index is -0.0563. The Kier molecular flexibility index (Phi) is 5.36. The second kappa shape index (κ2) is 7.24. The summed E-state index contributed by atoms with van der Waals surface area (Å²) in [5, 5.41) is 3.47. The van der Waals surface area contributed by atoms with E-state index < -0.39 is 0 Å². The van der Waals surface area contributed by atoms with Crippen molar-refractivity contribution in [1.82, 2.24) is 10.3 Å². The molecule has 1 heterocycles. The van der Waals surface area contributed by atoms with Gasteiger partial charge in [-0.15, -0.1) is 0 Å². The third-order valence-corrected chi connectivity index (χ3v) is 3.26. The molecule has 1 aromatic carbocycles. The number of nitrogens with two attached hydrogens (primary N) is 1. The summed E-state index contributed by atoms with van der Waals surface area (Å²) in [4.78, 5) is 15.8. The standard InChI is InChI=1S/C15H18ClN3O2/c1-10(8-17)19-14(20)6-7-15-18-9-13(21-15)11-2-4-12(16)5-3-11/h2-5,9-10H,6-8,17H2,1H3,(H,19,20)/t10-/m0/s1. The molecule has 5 nitrogen and oxygen atoms in total. The van der Waals surface area contributed by atoms with Gasteiger partial charge in [-0.05, 0) is 31.2 Å². The predicted octanol–water partition coefficient (Wildman–Crippen LogP) is 2.39. The molecule has 6 heteroatoms. The zero-order valence-electron chi connectivity index (χ0n) is 11.8. The number of amides is 1. The quantitative estimate of drug-likeness (QED) is 0.858. The molecule has 0 aliphatic heterocycles. The van der Waals surface area contributed by atoms with Crippen molar-refractivity contribution in [3.05, 3.63) is 41.4 Å². The second-order valence-electron chi connectivity index (χ2n) is 4.83. The molecular weight excluding hydrogens is 290 g/mol. The molecule has 0 unspecified atom stereocenters. The van der Waals surface area contributed by atoms with Crippen LogP contribution in [-0.4, -0.2) is 23.5 Å². The summed E-state index contributed by atoms with van der Waals surface area (Å²) in [6.45, 7) is 2.28. The van der Waals surface area contributed by atoms with Gasteiger partial charge in [-0.1, -0.05) is 11.6 Å². The van der Waals surface area contributed by atoms with E-state index in [0.29, 0.717) is 36.1 Å². The van der Waals surface area contributed by atoms with E-state index >= 15 is 0 Å². The predicted molar refractivity (Wildman–Crippen MR) is 81.9 cm³/mol. The van der Waals surface area contributed by atoms with Gasteiger partial charge in [0.2, 0.25) is 5.91 Å². The van der Waals surface area contributed by atoms with Gasteiger partial charge in [0.25, 0.3) is 0 Å². The van der Waals surface area contributed by atoms with Crippen molar-refractivity contribution in [3.8, 4) is 11.3 Å². The summed E-state index contributed by atoms with van der Waals surface area (Å²) < 4.78 is 5.63. The van der Waals surface area contributed by atoms with Crippen LogP contribution in [-0.2, 0) is 11.2 Å². The largest absolute Gasteiger partial charge is 0.441 e. The lowest BCUT2D eigenvalue weighted by atomic mass is 10.2. The van der Waals surface area contributed by atoms with Gasteiger partial charge in [0.1, 0.15) is 0 Å². The molecule has 2 aromatic rings. The number of aromatic nitrogens is 1. The third kappa shape index (κ3) is 4.58. The number of carbonyl (C=O) groups excluding carboxylic acids is 1. The van der Waals surface area contributed by atoms with Crippen LogP contribution in [0.4, 0.5) is 0 Å². The van der Waals surface area contributed by atoms with Gasteiger partial charge in [0.15, 0.2) is 11.7 Å². The maximum absolute atomic E-state index is 11.6. The van der Waals surface area contributed by atoms with Gasteiger partial charge in [0.05, 0.1) is 6.20 Å². The molecule has 0 saturated carbocycles. The highest BCUT2D eigenvalue weighted by Crippen LogP contribution is 2.22. The van der Waals surface area contributed by atoms with Gasteiger partial charge in [-0.2, -0.15) is 0 Å². The van der Waals surface area contributed by atoms with Gasteiger partial charge in [-0.25, -0.2) is 4.98 Å². The van der Waals surface area contributed by atoms with Crippen molar-refractivity contribution >= 4 is 17.5 Å². The zero-order chi connectivity index (χ0) is 15.2. The summed E-state index contributed by atoms with van der Waals surface area (Å²) in [5.41, 5.74) is 6.35. The van der Waals surface area contributed by atoms with Crippen molar-refractivity contribution in [2.24, 2.45) is 5.73 Å². The minimum absolute atomic E-state index is 0.0216. The van der Waals surface area contributed by atoms with E-state index in [1.807, 2.05) is 19.1 Å². The number of nitrogens with zero attached hydrogens (tertiary/aromatic N) is 1. The summed E-state index contributed by atoms with van der Waals surface area (Å²) in [6.07, 6.45) is 2.43. The lowest BCUT2D eigenvalue weighted by molar-refractivity contribution is -0.121. The van der Waals surface area contributed by atoms with Crippen molar-refractivity contribution < 1.29 is 9.21 Å². The SMILES string of the molecule is C[C@@H](CN)NC(=O)CCc1ncc(-c2ccc(Cl)cc2)o1. The molecule has 0 aliphatic rings. The molecule has 0 bridgehead atoms. The summed E-state index contributed by atoms with van der Waals surface area (Å²) in [5.74, 6) is 1.15. The van der Waals surface area contributed by atoms with Crippen LogP contribution in [0.5, 0.6) is 0 Å². The van der Waals surface area contributed by atoms with Crippen LogP contribution in [0.1, 0.15) is 19.2 Å². The number of hydrogen-bond donors (Lipinski definition) is 2. The lowest BCUT2D eigenvalue weighted by Crippen LogP contribution is -2.37. The molecule has 0 radical (unpaired) electrons. The molecule has 3 N–H and O–H groups in total. The molecule has 0 fully saturated rings. The molecule has 21 heavy (non-hydrogen) atoms. The molecular formula is C15H18ClN3O2. The summed E-state index contributed by atoms with van der Waals surface area (Å²) >= 11 is 5.84. The molecule has 1 aromatic heterocycles. The minimum Gasteiger partial charge on any atom is -0.441 e. The number of carbonyl (C=O) groups is 1. The Morgan fingerprint density at radius 3 is 2.81 bits per heavy atom. The Hall–Kier alpha value is -1.85. The Morgan fingerprint density at radius 1 is 1.43 bits per heavy atom. The highest BCUT2D eigenvalue weighted by molar-refractivity contribution is 6.30. The van der Waals surface area contributed by atoms with Gasteiger partial charge in [-0.3, -0.25) is 4.79 Å². The highest BCUT2D eigenvalue weighted by atomic mass is 35.5. The van der Waals surface area contributed by atoms with Crippen molar-refractivity contribution in [2.75, 3.05) is 6.54 Å². The maximum Gasteiger partial charge on any atom is 0.220 e. The highest BCUT2D eigenvalue weighted by Gasteiger charge is 2.10. The number of oxazole rings is 1. The van der Waals surface area contributed by atoms with Crippen LogP contribution < -0.4 is 11.1 Å². The van der Waals surface area contributed by atoms with E-state index in [2.05, 4.69) is 10.3 Å². The number of benzene rings is 1. The van der Waals surface area contributed by atoms with E-state index in [9.17, 15) is 4.79 Å². The molecule has 2 rings (SSSR count). The molecule has 0 spiro atoms.